The Morgan fingerprint density at radius 3 is 1.94 bits per heavy atom. The molecule has 0 saturated carbocycles. The third-order valence-electron chi connectivity index (χ3n) is 4.96. The van der Waals surface area contributed by atoms with E-state index in [1.54, 1.807) is 30.3 Å². The number of nitrogens with two attached hydrogens (primary N) is 2. The third-order valence-corrected chi connectivity index (χ3v) is 4.96. The highest BCUT2D eigenvalue weighted by Gasteiger charge is 2.28. The smallest absolute Gasteiger partial charge is 0.326 e. The van der Waals surface area contributed by atoms with E-state index < -0.39 is 66.2 Å². The Balaban J connectivity index is 2.79. The molecule has 35 heavy (non-hydrogen) atoms. The SMILES string of the molecule is CC(NC(=O)C(CCC(N)=O)NC(=O)C(N)Cc1ccccc1)C(=O)NC(CCC(=O)O)C(=O)O. The molecule has 0 aliphatic heterocycles. The summed E-state index contributed by atoms with van der Waals surface area (Å²) in [6.45, 7) is 1.28. The van der Waals surface area contributed by atoms with Gasteiger partial charge in [0.15, 0.2) is 0 Å². The van der Waals surface area contributed by atoms with Crippen LogP contribution in [0.15, 0.2) is 30.3 Å². The highest BCUT2D eigenvalue weighted by molar-refractivity contribution is 5.94. The van der Waals surface area contributed by atoms with E-state index in [2.05, 4.69) is 16.0 Å². The van der Waals surface area contributed by atoms with Crippen LogP contribution in [0, 0.1) is 0 Å². The Morgan fingerprint density at radius 1 is 0.829 bits per heavy atom. The number of carboxylic acids is 2. The number of hydrogen-bond acceptors (Lipinski definition) is 7. The number of hydrogen-bond donors (Lipinski definition) is 7. The van der Waals surface area contributed by atoms with Gasteiger partial charge >= 0.3 is 11.9 Å². The Kier molecular flexibility index (Phi) is 11.9. The first-order valence-electron chi connectivity index (χ1n) is 10.8. The van der Waals surface area contributed by atoms with Crippen LogP contribution in [0.2, 0.25) is 0 Å². The van der Waals surface area contributed by atoms with Gasteiger partial charge in [-0.25, -0.2) is 4.79 Å². The van der Waals surface area contributed by atoms with E-state index in [9.17, 15) is 28.8 Å². The number of nitrogens with one attached hydrogen (secondary N) is 3. The molecule has 0 spiro atoms. The number of primary amides is 1. The molecule has 13 heteroatoms. The quantitative estimate of drug-likeness (QED) is 0.146. The molecule has 192 valence electrons. The van der Waals surface area contributed by atoms with Crippen LogP contribution < -0.4 is 27.4 Å². The Morgan fingerprint density at radius 2 is 1.40 bits per heavy atom. The number of carbonyl (C=O) groups is 6. The summed E-state index contributed by atoms with van der Waals surface area (Å²) in [7, 11) is 0. The second kappa shape index (κ2) is 14.3. The van der Waals surface area contributed by atoms with E-state index in [-0.39, 0.29) is 25.7 Å². The standard InChI is InChI=1S/C22H31N5O8/c1-12(19(31)27-16(22(34)35)8-10-18(29)30)25-21(33)15(7-9-17(24)28)26-20(32)14(23)11-13-5-3-2-4-6-13/h2-6,12,14-16H,7-11,23H2,1H3,(H2,24,28)(H,25,33)(H,26,32)(H,27,31)(H,29,30)(H,34,35). The predicted octanol–water partition coefficient (Wildman–Crippen LogP) is -1.75. The van der Waals surface area contributed by atoms with Gasteiger partial charge in [-0.3, -0.25) is 24.0 Å². The molecule has 0 aliphatic rings. The fraction of sp³-hybridized carbons (Fsp3) is 0.455. The van der Waals surface area contributed by atoms with Crippen LogP contribution in [-0.4, -0.2) is 69.9 Å². The van der Waals surface area contributed by atoms with E-state index in [1.165, 1.54) is 6.92 Å². The molecule has 1 rings (SSSR count). The number of benzene rings is 1. The lowest BCUT2D eigenvalue weighted by molar-refractivity contribution is -0.143. The van der Waals surface area contributed by atoms with Gasteiger partial charge in [-0.15, -0.1) is 0 Å². The van der Waals surface area contributed by atoms with Crippen molar-refractivity contribution >= 4 is 35.6 Å². The Labute approximate surface area is 201 Å². The molecule has 4 unspecified atom stereocenters. The van der Waals surface area contributed by atoms with Gasteiger partial charge in [-0.2, -0.15) is 0 Å². The number of amides is 4. The minimum absolute atomic E-state index is 0.157. The van der Waals surface area contributed by atoms with Crippen LogP contribution in [0.25, 0.3) is 0 Å². The second-order valence-electron chi connectivity index (χ2n) is 7.92. The van der Waals surface area contributed by atoms with E-state index in [0.29, 0.717) is 0 Å². The van der Waals surface area contributed by atoms with Crippen LogP contribution in [0.5, 0.6) is 0 Å². The molecule has 0 fully saturated rings. The summed E-state index contributed by atoms with van der Waals surface area (Å²) in [6.07, 6.45) is -1.03. The van der Waals surface area contributed by atoms with Gasteiger partial charge in [0.25, 0.3) is 0 Å². The molecule has 0 heterocycles. The van der Waals surface area contributed by atoms with Crippen LogP contribution >= 0.6 is 0 Å². The van der Waals surface area contributed by atoms with E-state index in [1.807, 2.05) is 0 Å². The highest BCUT2D eigenvalue weighted by atomic mass is 16.4. The lowest BCUT2D eigenvalue weighted by atomic mass is 10.0. The van der Waals surface area contributed by atoms with Crippen LogP contribution in [-0.2, 0) is 35.2 Å². The zero-order valence-electron chi connectivity index (χ0n) is 19.2. The van der Waals surface area contributed by atoms with Gasteiger partial charge in [0, 0.05) is 12.8 Å². The van der Waals surface area contributed by atoms with E-state index >= 15 is 0 Å². The van der Waals surface area contributed by atoms with Crippen molar-refractivity contribution in [3.63, 3.8) is 0 Å². The van der Waals surface area contributed by atoms with Crippen LogP contribution in [0.4, 0.5) is 0 Å². The summed E-state index contributed by atoms with van der Waals surface area (Å²) >= 11 is 0. The first-order chi connectivity index (χ1) is 16.4. The van der Waals surface area contributed by atoms with Crippen molar-refractivity contribution in [3.8, 4) is 0 Å². The minimum Gasteiger partial charge on any atom is -0.481 e. The molecule has 0 saturated heterocycles. The largest absolute Gasteiger partial charge is 0.481 e. The van der Waals surface area contributed by atoms with Crippen molar-refractivity contribution < 1.29 is 39.0 Å². The topological polar surface area (TPSA) is 231 Å². The molecule has 0 aromatic heterocycles. The molecular weight excluding hydrogens is 462 g/mol. The van der Waals surface area contributed by atoms with Gasteiger partial charge < -0.3 is 37.6 Å². The number of carbonyl (C=O) groups excluding carboxylic acids is 4. The number of aliphatic carboxylic acids is 2. The van der Waals surface area contributed by atoms with Gasteiger partial charge in [0.1, 0.15) is 18.1 Å². The normalized spacial score (nSPS) is 14.0. The maximum absolute atomic E-state index is 12.7. The van der Waals surface area contributed by atoms with Crippen molar-refractivity contribution in [1.82, 2.24) is 16.0 Å². The third kappa shape index (κ3) is 11.1. The Bertz CT molecular complexity index is 924. The molecule has 13 nitrogen and oxygen atoms in total. The summed E-state index contributed by atoms with van der Waals surface area (Å²) < 4.78 is 0. The fourth-order valence-corrected chi connectivity index (χ4v) is 3.00. The molecule has 1 aromatic rings. The first-order valence-corrected chi connectivity index (χ1v) is 10.8. The van der Waals surface area contributed by atoms with Crippen molar-refractivity contribution in [1.29, 1.82) is 0 Å². The summed E-state index contributed by atoms with van der Waals surface area (Å²) in [5.74, 6) is -5.72. The van der Waals surface area contributed by atoms with E-state index in [0.717, 1.165) is 5.56 Å². The summed E-state index contributed by atoms with van der Waals surface area (Å²) in [6, 6.07) is 4.00. The average molecular weight is 494 g/mol. The van der Waals surface area contributed by atoms with Crippen molar-refractivity contribution in [2.75, 3.05) is 0 Å². The van der Waals surface area contributed by atoms with Crippen molar-refractivity contribution in [2.24, 2.45) is 11.5 Å². The van der Waals surface area contributed by atoms with Gasteiger partial charge in [0.05, 0.1) is 6.04 Å². The lowest BCUT2D eigenvalue weighted by Crippen LogP contribution is -2.56. The average Bonchev–Trinajstić information content (AvgIpc) is 2.78. The van der Waals surface area contributed by atoms with E-state index in [4.69, 9.17) is 21.7 Å². The van der Waals surface area contributed by atoms with Crippen LogP contribution in [0.3, 0.4) is 0 Å². The monoisotopic (exact) mass is 493 g/mol. The molecule has 0 radical (unpaired) electrons. The summed E-state index contributed by atoms with van der Waals surface area (Å²) in [4.78, 5) is 70.8. The second-order valence-corrected chi connectivity index (χ2v) is 7.92. The molecule has 0 bridgehead atoms. The van der Waals surface area contributed by atoms with Crippen LogP contribution in [0.1, 0.15) is 38.2 Å². The minimum atomic E-state index is -1.47. The van der Waals surface area contributed by atoms with Gasteiger partial charge in [0.2, 0.25) is 23.6 Å². The highest BCUT2D eigenvalue weighted by Crippen LogP contribution is 2.05. The molecule has 9 N–H and O–H groups in total. The number of rotatable bonds is 15. The van der Waals surface area contributed by atoms with Crippen molar-refractivity contribution in [3.05, 3.63) is 35.9 Å². The number of carboxylic acid groups (broad SMARTS) is 2. The van der Waals surface area contributed by atoms with Gasteiger partial charge in [-0.05, 0) is 31.7 Å². The zero-order chi connectivity index (χ0) is 26.5. The van der Waals surface area contributed by atoms with Gasteiger partial charge in [-0.1, -0.05) is 30.3 Å². The van der Waals surface area contributed by atoms with Crippen molar-refractivity contribution in [2.45, 2.75) is 63.2 Å². The first kappa shape index (κ1) is 29.0. The fourth-order valence-electron chi connectivity index (χ4n) is 3.00. The maximum atomic E-state index is 12.7. The summed E-state index contributed by atoms with van der Waals surface area (Å²) in [5.41, 5.74) is 11.9. The summed E-state index contributed by atoms with van der Waals surface area (Å²) in [5, 5.41) is 24.8. The molecule has 4 amide bonds. The molecular formula is C22H31N5O8. The maximum Gasteiger partial charge on any atom is 0.326 e. The lowest BCUT2D eigenvalue weighted by Gasteiger charge is -2.23. The molecule has 0 aliphatic carbocycles. The molecule has 4 atom stereocenters. The predicted molar refractivity (Wildman–Crippen MR) is 123 cm³/mol. The Hall–Kier alpha value is -4.00. The zero-order valence-corrected chi connectivity index (χ0v) is 19.2. The molecule has 1 aromatic carbocycles.